The lowest BCUT2D eigenvalue weighted by Crippen LogP contribution is -2.48. The molecule has 108 valence electrons. The van der Waals surface area contributed by atoms with Gasteiger partial charge in [-0.15, -0.1) is 0 Å². The molecule has 1 N–H and O–H groups in total. The zero-order chi connectivity index (χ0) is 14.7. The standard InChI is InChI=1S/C13H17N3O4/c1-15(2)11-4-3-9(7-14-11)12(17)16-5-6-20-10(8-16)13(18)19/h3-4,7,10H,5-6,8H2,1-2H3,(H,18,19). The Hall–Kier alpha value is -2.15. The molecule has 1 saturated heterocycles. The Morgan fingerprint density at radius 1 is 1.45 bits per heavy atom. The predicted octanol–water partition coefficient (Wildman–Crippen LogP) is 0.0732. The van der Waals surface area contributed by atoms with Gasteiger partial charge >= 0.3 is 5.97 Å². The second-order valence-electron chi connectivity index (χ2n) is 4.75. The zero-order valence-electron chi connectivity index (χ0n) is 11.4. The van der Waals surface area contributed by atoms with Crippen LogP contribution in [-0.4, -0.2) is 66.8 Å². The fourth-order valence-electron chi connectivity index (χ4n) is 1.94. The molecule has 0 bridgehead atoms. The number of nitrogens with zero attached hydrogens (tertiary/aromatic N) is 3. The summed E-state index contributed by atoms with van der Waals surface area (Å²) < 4.78 is 5.09. The van der Waals surface area contributed by atoms with Gasteiger partial charge in [0.15, 0.2) is 6.10 Å². The van der Waals surface area contributed by atoms with Crippen LogP contribution in [0.25, 0.3) is 0 Å². The van der Waals surface area contributed by atoms with Crippen LogP contribution < -0.4 is 4.90 Å². The van der Waals surface area contributed by atoms with Crippen molar-refractivity contribution < 1.29 is 19.4 Å². The normalized spacial score (nSPS) is 18.7. The molecule has 0 aromatic carbocycles. The summed E-state index contributed by atoms with van der Waals surface area (Å²) in [5.74, 6) is -0.520. The van der Waals surface area contributed by atoms with E-state index in [1.165, 1.54) is 11.1 Å². The molecular weight excluding hydrogens is 262 g/mol. The second kappa shape index (κ2) is 5.87. The number of hydrogen-bond donors (Lipinski definition) is 1. The largest absolute Gasteiger partial charge is 0.479 e. The monoisotopic (exact) mass is 279 g/mol. The number of anilines is 1. The number of amides is 1. The van der Waals surface area contributed by atoms with Gasteiger partial charge in [0.25, 0.3) is 5.91 Å². The van der Waals surface area contributed by atoms with Crippen LogP contribution in [0.3, 0.4) is 0 Å². The molecular formula is C13H17N3O4. The van der Waals surface area contributed by atoms with Crippen LogP contribution in [0, 0.1) is 0 Å². The number of morpholine rings is 1. The van der Waals surface area contributed by atoms with Crippen molar-refractivity contribution in [3.63, 3.8) is 0 Å². The van der Waals surface area contributed by atoms with Crippen LogP contribution in [0.2, 0.25) is 0 Å². The van der Waals surface area contributed by atoms with Crippen molar-refractivity contribution in [2.45, 2.75) is 6.10 Å². The van der Waals surface area contributed by atoms with E-state index in [2.05, 4.69) is 4.98 Å². The first-order chi connectivity index (χ1) is 9.49. The Bertz CT molecular complexity index is 501. The number of carboxylic acid groups (broad SMARTS) is 1. The smallest absolute Gasteiger partial charge is 0.334 e. The molecule has 1 aromatic rings. The Kier molecular flexibility index (Phi) is 4.19. The maximum atomic E-state index is 12.3. The van der Waals surface area contributed by atoms with Crippen molar-refractivity contribution >= 4 is 17.7 Å². The Morgan fingerprint density at radius 3 is 2.75 bits per heavy atom. The van der Waals surface area contributed by atoms with Gasteiger partial charge in [0, 0.05) is 26.8 Å². The van der Waals surface area contributed by atoms with E-state index in [1.807, 2.05) is 19.0 Å². The van der Waals surface area contributed by atoms with Crippen LogP contribution >= 0.6 is 0 Å². The van der Waals surface area contributed by atoms with Crippen molar-refractivity contribution in [1.82, 2.24) is 9.88 Å². The molecule has 1 amide bonds. The van der Waals surface area contributed by atoms with Gasteiger partial charge in [0.1, 0.15) is 5.82 Å². The fourth-order valence-corrected chi connectivity index (χ4v) is 1.94. The van der Waals surface area contributed by atoms with Crippen molar-refractivity contribution in [2.24, 2.45) is 0 Å². The first kappa shape index (κ1) is 14.3. The van der Waals surface area contributed by atoms with Gasteiger partial charge in [-0.05, 0) is 12.1 Å². The summed E-state index contributed by atoms with van der Waals surface area (Å²) in [6.07, 6.45) is 0.546. The summed E-state index contributed by atoms with van der Waals surface area (Å²) >= 11 is 0. The lowest BCUT2D eigenvalue weighted by Gasteiger charge is -2.30. The summed E-state index contributed by atoms with van der Waals surface area (Å²) in [6, 6.07) is 3.44. The molecule has 2 heterocycles. The molecule has 2 rings (SSSR count). The van der Waals surface area contributed by atoms with Gasteiger partial charge in [0.2, 0.25) is 0 Å². The molecule has 0 saturated carbocycles. The van der Waals surface area contributed by atoms with E-state index in [0.717, 1.165) is 5.82 Å². The van der Waals surface area contributed by atoms with E-state index in [-0.39, 0.29) is 19.1 Å². The molecule has 7 heteroatoms. The third kappa shape index (κ3) is 3.05. The minimum Gasteiger partial charge on any atom is -0.479 e. The molecule has 0 aliphatic carbocycles. The molecule has 20 heavy (non-hydrogen) atoms. The van der Waals surface area contributed by atoms with Crippen molar-refractivity contribution in [3.8, 4) is 0 Å². The minimum absolute atomic E-state index is 0.0591. The Morgan fingerprint density at radius 2 is 2.20 bits per heavy atom. The van der Waals surface area contributed by atoms with Crippen molar-refractivity contribution in [3.05, 3.63) is 23.9 Å². The number of carbonyl (C=O) groups excluding carboxylic acids is 1. The first-order valence-electron chi connectivity index (χ1n) is 6.26. The van der Waals surface area contributed by atoms with E-state index in [1.54, 1.807) is 12.1 Å². The third-order valence-corrected chi connectivity index (χ3v) is 3.08. The maximum Gasteiger partial charge on any atom is 0.334 e. The molecule has 1 unspecified atom stereocenters. The third-order valence-electron chi connectivity index (χ3n) is 3.08. The number of rotatable bonds is 3. The summed E-state index contributed by atoms with van der Waals surface area (Å²) in [6.45, 7) is 0.674. The van der Waals surface area contributed by atoms with Crippen LogP contribution in [0.5, 0.6) is 0 Å². The summed E-state index contributed by atoms with van der Waals surface area (Å²) in [7, 11) is 3.73. The minimum atomic E-state index is -1.05. The number of ether oxygens (including phenoxy) is 1. The highest BCUT2D eigenvalue weighted by Gasteiger charge is 2.29. The number of aromatic nitrogens is 1. The van der Waals surface area contributed by atoms with Crippen molar-refractivity contribution in [2.75, 3.05) is 38.7 Å². The number of hydrogen-bond acceptors (Lipinski definition) is 5. The van der Waals surface area contributed by atoms with Crippen LogP contribution in [0.15, 0.2) is 18.3 Å². The van der Waals surface area contributed by atoms with E-state index in [9.17, 15) is 9.59 Å². The average Bonchev–Trinajstić information content (AvgIpc) is 2.46. The van der Waals surface area contributed by atoms with E-state index >= 15 is 0 Å². The van der Waals surface area contributed by atoms with Crippen LogP contribution in [0.1, 0.15) is 10.4 Å². The lowest BCUT2D eigenvalue weighted by molar-refractivity contribution is -0.154. The molecule has 1 aliphatic heterocycles. The van der Waals surface area contributed by atoms with Gasteiger partial charge in [-0.3, -0.25) is 4.79 Å². The average molecular weight is 279 g/mol. The summed E-state index contributed by atoms with van der Waals surface area (Å²) in [4.78, 5) is 30.7. The number of carboxylic acids is 1. The zero-order valence-corrected chi connectivity index (χ0v) is 11.4. The Labute approximate surface area is 116 Å². The summed E-state index contributed by atoms with van der Waals surface area (Å²) in [5, 5.41) is 8.93. The summed E-state index contributed by atoms with van der Waals surface area (Å²) in [5.41, 5.74) is 0.446. The number of pyridine rings is 1. The second-order valence-corrected chi connectivity index (χ2v) is 4.75. The van der Waals surface area contributed by atoms with Gasteiger partial charge < -0.3 is 19.6 Å². The SMILES string of the molecule is CN(C)c1ccc(C(=O)N2CCOC(C(=O)O)C2)cn1. The Balaban J connectivity index is 2.08. The first-order valence-corrected chi connectivity index (χ1v) is 6.26. The molecule has 1 fully saturated rings. The van der Waals surface area contributed by atoms with Gasteiger partial charge in [-0.1, -0.05) is 0 Å². The van der Waals surface area contributed by atoms with E-state index in [0.29, 0.717) is 12.1 Å². The lowest BCUT2D eigenvalue weighted by atomic mass is 10.2. The number of aliphatic carboxylic acids is 1. The van der Waals surface area contributed by atoms with Gasteiger partial charge in [-0.25, -0.2) is 9.78 Å². The van der Waals surface area contributed by atoms with E-state index in [4.69, 9.17) is 9.84 Å². The molecule has 0 radical (unpaired) electrons. The highest BCUT2D eigenvalue weighted by Crippen LogP contribution is 2.13. The maximum absolute atomic E-state index is 12.3. The van der Waals surface area contributed by atoms with Crippen LogP contribution in [0.4, 0.5) is 5.82 Å². The molecule has 1 aliphatic rings. The fraction of sp³-hybridized carbons (Fsp3) is 0.462. The topological polar surface area (TPSA) is 83.0 Å². The number of carbonyl (C=O) groups is 2. The van der Waals surface area contributed by atoms with E-state index < -0.39 is 12.1 Å². The van der Waals surface area contributed by atoms with Gasteiger partial charge in [0.05, 0.1) is 18.7 Å². The molecule has 1 atom stereocenters. The molecule has 7 nitrogen and oxygen atoms in total. The highest BCUT2D eigenvalue weighted by molar-refractivity contribution is 5.94. The van der Waals surface area contributed by atoms with Crippen LogP contribution in [-0.2, 0) is 9.53 Å². The van der Waals surface area contributed by atoms with Crippen molar-refractivity contribution in [1.29, 1.82) is 0 Å². The molecule has 0 spiro atoms. The predicted molar refractivity (Wildman–Crippen MR) is 71.8 cm³/mol. The highest BCUT2D eigenvalue weighted by atomic mass is 16.5. The van der Waals surface area contributed by atoms with Gasteiger partial charge in [-0.2, -0.15) is 0 Å². The quantitative estimate of drug-likeness (QED) is 0.843. The molecule has 1 aromatic heterocycles.